The molecular weight excluding hydrogens is 428 g/mol. The van der Waals surface area contributed by atoms with E-state index in [-0.39, 0.29) is 24.1 Å². The first-order chi connectivity index (χ1) is 16.5. The number of piperidine rings is 2. The number of rotatable bonds is 6. The molecule has 0 radical (unpaired) electrons. The van der Waals surface area contributed by atoms with Crippen molar-refractivity contribution >= 4 is 17.7 Å². The van der Waals surface area contributed by atoms with Crippen LogP contribution in [0.4, 0.5) is 0 Å². The number of likely N-dealkylation sites (tertiary alicyclic amines) is 1. The van der Waals surface area contributed by atoms with Gasteiger partial charge in [0.25, 0.3) is 5.91 Å². The molecule has 7 heteroatoms. The number of nitrogens with one attached hydrogen (secondary N) is 2. The molecule has 5 rings (SSSR count). The average molecular weight is 461 g/mol. The summed E-state index contributed by atoms with van der Waals surface area (Å²) in [5.74, 6) is -0.759. The maximum Gasteiger partial charge on any atom is 0.255 e. The maximum absolute atomic E-state index is 12.9. The van der Waals surface area contributed by atoms with Gasteiger partial charge in [-0.25, -0.2) is 0 Å². The number of benzene rings is 2. The van der Waals surface area contributed by atoms with Crippen LogP contribution in [0.15, 0.2) is 48.5 Å². The lowest BCUT2D eigenvalue weighted by Gasteiger charge is -2.40. The van der Waals surface area contributed by atoms with Crippen molar-refractivity contribution in [2.24, 2.45) is 0 Å². The number of carbonyl (C=O) groups is 3. The van der Waals surface area contributed by atoms with Crippen molar-refractivity contribution in [2.45, 2.75) is 70.4 Å². The lowest BCUT2D eigenvalue weighted by Crippen LogP contribution is -2.52. The normalized spacial score (nSPS) is 25.4. The minimum absolute atomic E-state index is 0.124. The van der Waals surface area contributed by atoms with Gasteiger partial charge in [0, 0.05) is 43.7 Å². The van der Waals surface area contributed by atoms with E-state index in [0.29, 0.717) is 30.6 Å². The largest absolute Gasteiger partial charge is 0.322 e. The number of imide groups is 1. The van der Waals surface area contributed by atoms with E-state index in [2.05, 4.69) is 58.9 Å². The van der Waals surface area contributed by atoms with Crippen molar-refractivity contribution in [3.63, 3.8) is 0 Å². The van der Waals surface area contributed by atoms with Gasteiger partial charge in [-0.3, -0.25) is 24.6 Å². The molecule has 3 amide bonds. The first-order valence-corrected chi connectivity index (χ1v) is 12.3. The van der Waals surface area contributed by atoms with Crippen molar-refractivity contribution in [3.8, 4) is 0 Å². The first-order valence-electron chi connectivity index (χ1n) is 12.3. The zero-order chi connectivity index (χ0) is 23.7. The maximum atomic E-state index is 12.9. The van der Waals surface area contributed by atoms with Crippen molar-refractivity contribution in [1.82, 2.24) is 20.4 Å². The SMILES string of the molecule is C[C@@H]1[C@H](NCc2ccc3c(c2)CN(C2CCC(=O)NC2=O)C3=O)CCCN1Cc1ccccc1. The Morgan fingerprint density at radius 3 is 2.65 bits per heavy atom. The number of hydrogen-bond acceptors (Lipinski definition) is 5. The fourth-order valence-corrected chi connectivity index (χ4v) is 5.51. The molecule has 3 atom stereocenters. The Morgan fingerprint density at radius 1 is 1.03 bits per heavy atom. The van der Waals surface area contributed by atoms with Gasteiger partial charge in [0.15, 0.2) is 0 Å². The molecule has 2 aromatic rings. The molecule has 2 fully saturated rings. The molecule has 3 aliphatic heterocycles. The van der Waals surface area contributed by atoms with Gasteiger partial charge in [-0.1, -0.05) is 42.5 Å². The van der Waals surface area contributed by atoms with Crippen LogP contribution < -0.4 is 10.6 Å². The Hall–Kier alpha value is -3.03. The summed E-state index contributed by atoms with van der Waals surface area (Å²) in [5, 5.41) is 6.11. The van der Waals surface area contributed by atoms with Crippen molar-refractivity contribution in [1.29, 1.82) is 0 Å². The molecule has 0 spiro atoms. The predicted molar refractivity (Wildman–Crippen MR) is 129 cm³/mol. The molecule has 2 N–H and O–H groups in total. The monoisotopic (exact) mass is 460 g/mol. The van der Waals surface area contributed by atoms with Crippen LogP contribution in [0.1, 0.15) is 59.7 Å². The van der Waals surface area contributed by atoms with Gasteiger partial charge < -0.3 is 10.2 Å². The number of nitrogens with zero attached hydrogens (tertiary/aromatic N) is 2. The van der Waals surface area contributed by atoms with E-state index in [0.717, 1.165) is 37.2 Å². The van der Waals surface area contributed by atoms with Gasteiger partial charge in [-0.15, -0.1) is 0 Å². The van der Waals surface area contributed by atoms with Crippen LogP contribution in [0, 0.1) is 0 Å². The number of amides is 3. The van der Waals surface area contributed by atoms with Crippen LogP contribution in [0.2, 0.25) is 0 Å². The Balaban J connectivity index is 1.20. The van der Waals surface area contributed by atoms with Gasteiger partial charge in [-0.2, -0.15) is 0 Å². The second-order valence-electron chi connectivity index (χ2n) is 9.72. The number of hydrogen-bond donors (Lipinski definition) is 2. The number of fused-ring (bicyclic) bond motifs is 1. The molecule has 0 aromatic heterocycles. The molecule has 3 heterocycles. The van der Waals surface area contributed by atoms with Crippen molar-refractivity contribution < 1.29 is 14.4 Å². The summed E-state index contributed by atoms with van der Waals surface area (Å²) in [4.78, 5) is 40.8. The zero-order valence-electron chi connectivity index (χ0n) is 19.6. The zero-order valence-corrected chi connectivity index (χ0v) is 19.6. The Kier molecular flexibility index (Phi) is 6.48. The Bertz CT molecular complexity index is 1090. The third-order valence-electron chi connectivity index (χ3n) is 7.50. The summed E-state index contributed by atoms with van der Waals surface area (Å²) < 4.78 is 0. The molecule has 7 nitrogen and oxygen atoms in total. The van der Waals surface area contributed by atoms with Crippen LogP contribution in [-0.4, -0.2) is 52.2 Å². The van der Waals surface area contributed by atoms with E-state index in [1.54, 1.807) is 4.90 Å². The fourth-order valence-electron chi connectivity index (χ4n) is 5.51. The summed E-state index contributed by atoms with van der Waals surface area (Å²) in [6.07, 6.45) is 2.98. The second-order valence-corrected chi connectivity index (χ2v) is 9.72. The van der Waals surface area contributed by atoms with E-state index in [1.807, 2.05) is 12.1 Å². The molecule has 34 heavy (non-hydrogen) atoms. The highest BCUT2D eigenvalue weighted by molar-refractivity contribution is 6.05. The van der Waals surface area contributed by atoms with Gasteiger partial charge in [-0.05, 0) is 55.5 Å². The summed E-state index contributed by atoms with van der Waals surface area (Å²) in [6, 6.07) is 16.9. The van der Waals surface area contributed by atoms with Crippen molar-refractivity contribution in [2.75, 3.05) is 6.54 Å². The highest BCUT2D eigenvalue weighted by Gasteiger charge is 2.39. The lowest BCUT2D eigenvalue weighted by atomic mass is 9.96. The standard InChI is InChI=1S/C27H32N4O3/c1-18-23(8-5-13-30(18)16-19-6-3-2-4-7-19)28-15-20-9-10-22-21(14-20)17-31(27(22)34)24-11-12-25(32)29-26(24)33/h2-4,6-7,9-10,14,18,23-24,28H,5,8,11-13,15-17H2,1H3,(H,29,32,33)/t18-,23-,24?/m1/s1. The third-order valence-corrected chi connectivity index (χ3v) is 7.50. The van der Waals surface area contributed by atoms with Crippen LogP contribution in [0.25, 0.3) is 0 Å². The molecule has 0 saturated carbocycles. The molecular formula is C27H32N4O3. The van der Waals surface area contributed by atoms with E-state index in [1.165, 1.54) is 12.0 Å². The van der Waals surface area contributed by atoms with E-state index in [9.17, 15) is 14.4 Å². The third kappa shape index (κ3) is 4.63. The van der Waals surface area contributed by atoms with Crippen molar-refractivity contribution in [3.05, 3.63) is 70.8 Å². The predicted octanol–water partition coefficient (Wildman–Crippen LogP) is 2.59. The first kappa shape index (κ1) is 22.7. The molecule has 1 unspecified atom stereocenters. The van der Waals surface area contributed by atoms with Gasteiger partial charge in [0.05, 0.1) is 0 Å². The second kappa shape index (κ2) is 9.68. The Morgan fingerprint density at radius 2 is 1.85 bits per heavy atom. The van der Waals surface area contributed by atoms with Crippen LogP contribution in [-0.2, 0) is 29.2 Å². The topological polar surface area (TPSA) is 81.8 Å². The van der Waals surface area contributed by atoms with Gasteiger partial charge >= 0.3 is 0 Å². The molecule has 0 aliphatic carbocycles. The highest BCUT2D eigenvalue weighted by Crippen LogP contribution is 2.28. The number of carbonyl (C=O) groups excluding carboxylic acids is 3. The Labute approximate surface area is 200 Å². The van der Waals surface area contributed by atoms with Gasteiger partial charge in [0.1, 0.15) is 6.04 Å². The molecule has 178 valence electrons. The average Bonchev–Trinajstić information content (AvgIpc) is 3.16. The minimum Gasteiger partial charge on any atom is -0.322 e. The molecule has 3 aliphatic rings. The van der Waals surface area contributed by atoms with E-state index in [4.69, 9.17) is 0 Å². The highest BCUT2D eigenvalue weighted by atomic mass is 16.2. The van der Waals surface area contributed by atoms with Crippen LogP contribution >= 0.6 is 0 Å². The summed E-state index contributed by atoms with van der Waals surface area (Å²) in [7, 11) is 0. The summed E-state index contributed by atoms with van der Waals surface area (Å²) >= 11 is 0. The van der Waals surface area contributed by atoms with E-state index < -0.39 is 6.04 Å². The molecule has 2 aromatic carbocycles. The van der Waals surface area contributed by atoms with E-state index >= 15 is 0 Å². The minimum atomic E-state index is -0.571. The smallest absolute Gasteiger partial charge is 0.255 e. The molecule has 2 saturated heterocycles. The fraction of sp³-hybridized carbons (Fsp3) is 0.444. The van der Waals surface area contributed by atoms with Gasteiger partial charge in [0.2, 0.25) is 11.8 Å². The van der Waals surface area contributed by atoms with Crippen LogP contribution in [0.5, 0.6) is 0 Å². The summed E-state index contributed by atoms with van der Waals surface area (Å²) in [6.45, 7) is 5.55. The quantitative estimate of drug-likeness (QED) is 0.648. The van der Waals surface area contributed by atoms with Crippen LogP contribution in [0.3, 0.4) is 0 Å². The lowest BCUT2D eigenvalue weighted by molar-refractivity contribution is -0.136. The summed E-state index contributed by atoms with van der Waals surface area (Å²) in [5.41, 5.74) is 4.10. The molecule has 0 bridgehead atoms.